The number of aliphatic hydroxyl groups excluding tert-OH is 1. The van der Waals surface area contributed by atoms with Crippen molar-refractivity contribution in [1.82, 2.24) is 0 Å². The molecule has 0 aliphatic carbocycles. The van der Waals surface area contributed by atoms with Crippen LogP contribution >= 0.6 is 0 Å². The van der Waals surface area contributed by atoms with E-state index < -0.39 is 6.10 Å². The molecule has 0 amide bonds. The van der Waals surface area contributed by atoms with Crippen LogP contribution < -0.4 is 9.47 Å². The zero-order chi connectivity index (χ0) is 15.0. The van der Waals surface area contributed by atoms with E-state index in [0.717, 1.165) is 22.6 Å². The third-order valence-electron chi connectivity index (χ3n) is 4.28. The molecular weight excluding hydrogens is 264 g/mol. The zero-order valence-corrected chi connectivity index (χ0v) is 12.6. The van der Waals surface area contributed by atoms with Gasteiger partial charge < -0.3 is 14.6 Å². The second-order valence-corrected chi connectivity index (χ2v) is 5.55. The fourth-order valence-corrected chi connectivity index (χ4v) is 2.87. The van der Waals surface area contributed by atoms with E-state index >= 15 is 0 Å². The summed E-state index contributed by atoms with van der Waals surface area (Å²) in [6, 6.07) is 11.8. The van der Waals surface area contributed by atoms with Gasteiger partial charge in [0, 0.05) is 12.0 Å². The van der Waals surface area contributed by atoms with Crippen molar-refractivity contribution in [3.8, 4) is 11.5 Å². The minimum Gasteiger partial charge on any atom is -0.497 e. The molecule has 0 spiro atoms. The lowest BCUT2D eigenvalue weighted by molar-refractivity contribution is 0.0651. The van der Waals surface area contributed by atoms with Gasteiger partial charge >= 0.3 is 0 Å². The topological polar surface area (TPSA) is 38.7 Å². The monoisotopic (exact) mass is 284 g/mol. The molecule has 0 bridgehead atoms. The van der Waals surface area contributed by atoms with Gasteiger partial charge in [0.1, 0.15) is 17.6 Å². The molecule has 21 heavy (non-hydrogen) atoms. The molecule has 1 heterocycles. The van der Waals surface area contributed by atoms with Crippen molar-refractivity contribution in [2.45, 2.75) is 32.5 Å². The van der Waals surface area contributed by atoms with E-state index in [9.17, 15) is 5.11 Å². The molecule has 3 rings (SSSR count). The van der Waals surface area contributed by atoms with Crippen LogP contribution in [-0.4, -0.2) is 12.2 Å². The van der Waals surface area contributed by atoms with Gasteiger partial charge in [0.15, 0.2) is 0 Å². The summed E-state index contributed by atoms with van der Waals surface area (Å²) in [6.07, 6.45) is -0.0839. The Kier molecular flexibility index (Phi) is 3.60. The molecular formula is C18H20O3. The van der Waals surface area contributed by atoms with Gasteiger partial charge in [-0.05, 0) is 48.7 Å². The molecule has 0 saturated heterocycles. The van der Waals surface area contributed by atoms with Crippen molar-refractivity contribution in [3.63, 3.8) is 0 Å². The summed E-state index contributed by atoms with van der Waals surface area (Å²) in [5.74, 6) is 1.47. The van der Waals surface area contributed by atoms with Crippen LogP contribution in [-0.2, 0) is 0 Å². The molecule has 0 aromatic heterocycles. The second kappa shape index (κ2) is 5.41. The van der Waals surface area contributed by atoms with Gasteiger partial charge in [-0.15, -0.1) is 0 Å². The summed E-state index contributed by atoms with van der Waals surface area (Å²) in [7, 11) is 1.62. The van der Waals surface area contributed by atoms with Crippen LogP contribution in [0.1, 0.15) is 40.9 Å². The van der Waals surface area contributed by atoms with E-state index in [1.54, 1.807) is 7.11 Å². The van der Waals surface area contributed by atoms with Crippen LogP contribution in [0, 0.1) is 13.8 Å². The van der Waals surface area contributed by atoms with Gasteiger partial charge in [0.05, 0.1) is 13.2 Å². The molecule has 2 unspecified atom stereocenters. The maximum absolute atomic E-state index is 10.4. The van der Waals surface area contributed by atoms with Crippen LogP contribution in [0.25, 0.3) is 0 Å². The Balaban J connectivity index is 1.97. The Bertz CT molecular complexity index is 664. The predicted octanol–water partition coefficient (Wildman–Crippen LogP) is 3.87. The van der Waals surface area contributed by atoms with Crippen LogP contribution in [0.15, 0.2) is 36.4 Å². The molecule has 110 valence electrons. The average Bonchev–Trinajstić information content (AvgIpc) is 2.49. The molecule has 0 saturated carbocycles. The van der Waals surface area contributed by atoms with Crippen molar-refractivity contribution < 1.29 is 14.6 Å². The SMILES string of the molecule is COc1ccc2c(c1)C(O)CC(c1cccc(C)c1C)O2. The van der Waals surface area contributed by atoms with Gasteiger partial charge in [0.2, 0.25) is 0 Å². The molecule has 1 aliphatic heterocycles. The van der Waals surface area contributed by atoms with Crippen molar-refractivity contribution in [3.05, 3.63) is 58.7 Å². The smallest absolute Gasteiger partial charge is 0.127 e. The first-order valence-electron chi connectivity index (χ1n) is 7.19. The Morgan fingerprint density at radius 3 is 2.71 bits per heavy atom. The number of hydrogen-bond donors (Lipinski definition) is 1. The highest BCUT2D eigenvalue weighted by molar-refractivity contribution is 5.45. The third kappa shape index (κ3) is 2.49. The lowest BCUT2D eigenvalue weighted by Gasteiger charge is -2.31. The fraction of sp³-hybridized carbons (Fsp3) is 0.333. The normalized spacial score (nSPS) is 20.6. The molecule has 0 radical (unpaired) electrons. The zero-order valence-electron chi connectivity index (χ0n) is 12.6. The maximum Gasteiger partial charge on any atom is 0.127 e. The number of hydrogen-bond acceptors (Lipinski definition) is 3. The Labute approximate surface area is 125 Å². The van der Waals surface area contributed by atoms with E-state index in [0.29, 0.717) is 6.42 Å². The van der Waals surface area contributed by atoms with Gasteiger partial charge in [0.25, 0.3) is 0 Å². The van der Waals surface area contributed by atoms with E-state index in [2.05, 4.69) is 26.0 Å². The third-order valence-corrected chi connectivity index (χ3v) is 4.28. The maximum atomic E-state index is 10.4. The number of fused-ring (bicyclic) bond motifs is 1. The highest BCUT2D eigenvalue weighted by atomic mass is 16.5. The standard InChI is InChI=1S/C18H20O3/c1-11-5-4-6-14(12(11)2)18-10-16(19)15-9-13(20-3)7-8-17(15)21-18/h4-9,16,18-19H,10H2,1-3H3. The van der Waals surface area contributed by atoms with Crippen molar-refractivity contribution in [2.24, 2.45) is 0 Å². The van der Waals surface area contributed by atoms with Crippen LogP contribution in [0.2, 0.25) is 0 Å². The summed E-state index contributed by atoms with van der Waals surface area (Å²) >= 11 is 0. The summed E-state index contributed by atoms with van der Waals surface area (Å²) in [4.78, 5) is 0. The molecule has 0 fully saturated rings. The molecule has 2 atom stereocenters. The van der Waals surface area contributed by atoms with E-state index in [1.807, 2.05) is 24.3 Å². The van der Waals surface area contributed by atoms with E-state index in [1.165, 1.54) is 11.1 Å². The van der Waals surface area contributed by atoms with E-state index in [-0.39, 0.29) is 6.10 Å². The van der Waals surface area contributed by atoms with Crippen molar-refractivity contribution in [1.29, 1.82) is 0 Å². The minimum absolute atomic E-state index is 0.110. The summed E-state index contributed by atoms with van der Waals surface area (Å²) < 4.78 is 11.3. The molecule has 3 heteroatoms. The number of ether oxygens (including phenoxy) is 2. The van der Waals surface area contributed by atoms with Crippen molar-refractivity contribution in [2.75, 3.05) is 7.11 Å². The first-order chi connectivity index (χ1) is 10.1. The number of rotatable bonds is 2. The number of benzene rings is 2. The first-order valence-corrected chi connectivity index (χ1v) is 7.19. The molecule has 1 aliphatic rings. The summed E-state index contributed by atoms with van der Waals surface area (Å²) in [5, 5.41) is 10.4. The van der Waals surface area contributed by atoms with Gasteiger partial charge in [-0.3, -0.25) is 0 Å². The lowest BCUT2D eigenvalue weighted by atomic mass is 9.91. The molecule has 1 N–H and O–H groups in total. The predicted molar refractivity (Wildman–Crippen MR) is 81.9 cm³/mol. The van der Waals surface area contributed by atoms with Crippen LogP contribution in [0.4, 0.5) is 0 Å². The minimum atomic E-state index is -0.534. The number of methoxy groups -OCH3 is 1. The Morgan fingerprint density at radius 1 is 1.14 bits per heavy atom. The second-order valence-electron chi connectivity index (χ2n) is 5.55. The van der Waals surface area contributed by atoms with Crippen molar-refractivity contribution >= 4 is 0 Å². The number of aliphatic hydroxyl groups is 1. The molecule has 2 aromatic carbocycles. The summed E-state index contributed by atoms with van der Waals surface area (Å²) in [5.41, 5.74) is 4.42. The largest absolute Gasteiger partial charge is 0.497 e. The fourth-order valence-electron chi connectivity index (χ4n) is 2.87. The summed E-state index contributed by atoms with van der Waals surface area (Å²) in [6.45, 7) is 4.20. The average molecular weight is 284 g/mol. The van der Waals surface area contributed by atoms with Gasteiger partial charge in [-0.1, -0.05) is 18.2 Å². The highest BCUT2D eigenvalue weighted by Gasteiger charge is 2.29. The quantitative estimate of drug-likeness (QED) is 0.910. The van der Waals surface area contributed by atoms with E-state index in [4.69, 9.17) is 9.47 Å². The molecule has 2 aromatic rings. The lowest BCUT2D eigenvalue weighted by Crippen LogP contribution is -2.20. The molecule has 3 nitrogen and oxygen atoms in total. The Hall–Kier alpha value is -2.00. The number of aryl methyl sites for hydroxylation is 1. The Morgan fingerprint density at radius 2 is 1.95 bits per heavy atom. The first kappa shape index (κ1) is 14.0. The van der Waals surface area contributed by atoms with Gasteiger partial charge in [-0.2, -0.15) is 0 Å². The highest BCUT2D eigenvalue weighted by Crippen LogP contribution is 2.42. The van der Waals surface area contributed by atoms with Crippen LogP contribution in [0.3, 0.4) is 0 Å². The van der Waals surface area contributed by atoms with Gasteiger partial charge in [-0.25, -0.2) is 0 Å². The van der Waals surface area contributed by atoms with Crippen LogP contribution in [0.5, 0.6) is 11.5 Å².